The zero-order valence-electron chi connectivity index (χ0n) is 14.6. The molecule has 2 aromatic rings. The highest BCUT2D eigenvalue weighted by atomic mass is 32.1. The lowest BCUT2D eigenvalue weighted by molar-refractivity contribution is -0.116. The number of aryl methyl sites for hydroxylation is 1. The Kier molecular flexibility index (Phi) is 4.96. The van der Waals surface area contributed by atoms with E-state index in [1.165, 1.54) is 0 Å². The molecule has 6 nitrogen and oxygen atoms in total. The van der Waals surface area contributed by atoms with Crippen LogP contribution in [0.5, 0.6) is 0 Å². The molecule has 4 heterocycles. The van der Waals surface area contributed by atoms with Gasteiger partial charge in [-0.25, -0.2) is 0 Å². The van der Waals surface area contributed by atoms with Crippen LogP contribution in [-0.4, -0.2) is 47.1 Å². The van der Waals surface area contributed by atoms with Gasteiger partial charge >= 0.3 is 0 Å². The predicted molar refractivity (Wildman–Crippen MR) is 96.8 cm³/mol. The van der Waals surface area contributed by atoms with Gasteiger partial charge in [0.2, 0.25) is 5.13 Å². The zero-order valence-corrected chi connectivity index (χ0v) is 15.4. The van der Waals surface area contributed by atoms with Crippen molar-refractivity contribution in [2.24, 2.45) is 5.92 Å². The van der Waals surface area contributed by atoms with Crippen molar-refractivity contribution in [3.8, 4) is 0 Å². The molecule has 0 amide bonds. The Bertz CT molecular complexity index is 687. The van der Waals surface area contributed by atoms with E-state index < -0.39 is 0 Å². The van der Waals surface area contributed by atoms with Crippen LogP contribution in [0.4, 0.5) is 5.13 Å². The van der Waals surface area contributed by atoms with Gasteiger partial charge in [-0.05, 0) is 43.7 Å². The Morgan fingerprint density at radius 1 is 1.40 bits per heavy atom. The van der Waals surface area contributed by atoms with Crippen LogP contribution in [0.25, 0.3) is 0 Å². The number of hydrogen-bond acceptors (Lipinski definition) is 7. The third-order valence-electron chi connectivity index (χ3n) is 5.00. The molecule has 0 N–H and O–H groups in total. The first-order chi connectivity index (χ1) is 12.2. The van der Waals surface area contributed by atoms with E-state index in [9.17, 15) is 0 Å². The molecule has 2 fully saturated rings. The van der Waals surface area contributed by atoms with Crippen LogP contribution in [0.15, 0.2) is 24.5 Å². The minimum Gasteiger partial charge on any atom is -0.377 e. The second-order valence-corrected chi connectivity index (χ2v) is 8.21. The first-order valence-electron chi connectivity index (χ1n) is 8.88. The average molecular weight is 360 g/mol. The molecule has 0 unspecified atom stereocenters. The summed E-state index contributed by atoms with van der Waals surface area (Å²) in [6, 6.07) is 4.00. The van der Waals surface area contributed by atoms with Crippen molar-refractivity contribution in [3.63, 3.8) is 0 Å². The summed E-state index contributed by atoms with van der Waals surface area (Å²) < 4.78 is 12.0. The van der Waals surface area contributed by atoms with Crippen LogP contribution >= 0.6 is 11.3 Å². The third kappa shape index (κ3) is 3.99. The molecular weight excluding hydrogens is 336 g/mol. The van der Waals surface area contributed by atoms with Gasteiger partial charge in [-0.15, -0.1) is 10.2 Å². The first kappa shape index (κ1) is 16.9. The van der Waals surface area contributed by atoms with E-state index in [2.05, 4.69) is 26.1 Å². The monoisotopic (exact) mass is 360 g/mol. The highest BCUT2D eigenvalue weighted by Gasteiger charge is 2.48. The predicted octanol–water partition coefficient (Wildman–Crippen LogP) is 2.83. The number of pyridine rings is 1. The number of ether oxygens (including phenoxy) is 2. The zero-order chi connectivity index (χ0) is 17.1. The first-order valence-corrected chi connectivity index (χ1v) is 9.70. The third-order valence-corrected chi connectivity index (χ3v) is 5.90. The molecule has 25 heavy (non-hydrogen) atoms. The molecule has 2 saturated heterocycles. The highest BCUT2D eigenvalue weighted by Crippen LogP contribution is 2.40. The summed E-state index contributed by atoms with van der Waals surface area (Å²) in [5, 5.41) is 10.4. The average Bonchev–Trinajstić information content (AvgIpc) is 3.04. The van der Waals surface area contributed by atoms with Crippen molar-refractivity contribution in [1.29, 1.82) is 0 Å². The van der Waals surface area contributed by atoms with Gasteiger partial charge in [-0.3, -0.25) is 4.98 Å². The van der Waals surface area contributed by atoms with Crippen molar-refractivity contribution < 1.29 is 9.47 Å². The minimum atomic E-state index is 0.0197. The van der Waals surface area contributed by atoms with Gasteiger partial charge in [-0.2, -0.15) is 0 Å². The fourth-order valence-corrected chi connectivity index (χ4v) is 4.40. The topological polar surface area (TPSA) is 60.4 Å². The van der Waals surface area contributed by atoms with E-state index >= 15 is 0 Å². The Balaban J connectivity index is 1.21. The Labute approximate surface area is 152 Å². The van der Waals surface area contributed by atoms with Gasteiger partial charge in [0.1, 0.15) is 10.6 Å². The van der Waals surface area contributed by atoms with Crippen LogP contribution in [0.1, 0.15) is 29.8 Å². The van der Waals surface area contributed by atoms with Gasteiger partial charge in [0, 0.05) is 25.6 Å². The molecule has 7 heteroatoms. The highest BCUT2D eigenvalue weighted by molar-refractivity contribution is 7.15. The molecule has 0 aliphatic carbocycles. The van der Waals surface area contributed by atoms with Gasteiger partial charge in [-0.1, -0.05) is 17.4 Å². The summed E-state index contributed by atoms with van der Waals surface area (Å²) in [6.07, 6.45) is 7.01. The van der Waals surface area contributed by atoms with Crippen molar-refractivity contribution in [3.05, 3.63) is 35.1 Å². The van der Waals surface area contributed by atoms with Crippen molar-refractivity contribution in [1.82, 2.24) is 15.2 Å². The molecule has 134 valence electrons. The van der Waals surface area contributed by atoms with E-state index in [4.69, 9.17) is 9.47 Å². The second-order valence-electron chi connectivity index (χ2n) is 7.05. The molecule has 0 bridgehead atoms. The molecule has 4 rings (SSSR count). The molecular formula is C18H24N4O2S. The second kappa shape index (κ2) is 7.35. The SMILES string of the molecule is Cc1nnc(N2CC3(C[C@H](CCOCc4cccnc4)CCO3)C2)s1. The number of nitrogens with zero attached hydrogens (tertiary/aromatic N) is 4. The number of aromatic nitrogens is 3. The number of rotatable bonds is 6. The summed E-state index contributed by atoms with van der Waals surface area (Å²) in [4.78, 5) is 6.40. The van der Waals surface area contributed by atoms with Crippen molar-refractivity contribution >= 4 is 16.5 Å². The van der Waals surface area contributed by atoms with E-state index in [1.807, 2.05) is 19.2 Å². The fourth-order valence-electron chi connectivity index (χ4n) is 3.72. The van der Waals surface area contributed by atoms with Crippen LogP contribution in [0, 0.1) is 12.8 Å². The standard InChI is InChI=1S/C18H24N4O2S/c1-14-20-21-17(25-14)22-12-18(13-22)9-15(5-8-24-18)4-7-23-11-16-3-2-6-19-10-16/h2-3,6,10,15H,4-5,7-9,11-13H2,1H3/t15-/m1/s1. The Morgan fingerprint density at radius 3 is 3.08 bits per heavy atom. The summed E-state index contributed by atoms with van der Waals surface area (Å²) in [6.45, 7) is 6.18. The van der Waals surface area contributed by atoms with Gasteiger partial charge in [0.15, 0.2) is 0 Å². The van der Waals surface area contributed by atoms with E-state index in [1.54, 1.807) is 17.5 Å². The van der Waals surface area contributed by atoms with Crippen LogP contribution in [0.2, 0.25) is 0 Å². The van der Waals surface area contributed by atoms with Gasteiger partial charge < -0.3 is 14.4 Å². The summed E-state index contributed by atoms with van der Waals surface area (Å²) in [5.74, 6) is 0.681. The van der Waals surface area contributed by atoms with E-state index in [0.29, 0.717) is 12.5 Å². The van der Waals surface area contributed by atoms with Crippen LogP contribution in [0.3, 0.4) is 0 Å². The Hall–Kier alpha value is -1.57. The largest absolute Gasteiger partial charge is 0.377 e. The molecule has 0 saturated carbocycles. The van der Waals surface area contributed by atoms with E-state index in [-0.39, 0.29) is 5.60 Å². The molecule has 2 aliphatic rings. The van der Waals surface area contributed by atoms with Crippen LogP contribution < -0.4 is 4.90 Å². The summed E-state index contributed by atoms with van der Waals surface area (Å²) >= 11 is 1.66. The van der Waals surface area contributed by atoms with Crippen molar-refractivity contribution in [2.75, 3.05) is 31.2 Å². The summed E-state index contributed by atoms with van der Waals surface area (Å²) in [5.41, 5.74) is 1.15. The van der Waals surface area contributed by atoms with Crippen molar-refractivity contribution in [2.45, 2.75) is 38.4 Å². The van der Waals surface area contributed by atoms with E-state index in [0.717, 1.165) is 61.3 Å². The van der Waals surface area contributed by atoms with Gasteiger partial charge in [0.25, 0.3) is 0 Å². The maximum absolute atomic E-state index is 6.13. The lowest BCUT2D eigenvalue weighted by Crippen LogP contribution is -2.65. The maximum atomic E-state index is 6.13. The number of hydrogen-bond donors (Lipinski definition) is 0. The Morgan fingerprint density at radius 2 is 2.32 bits per heavy atom. The lowest BCUT2D eigenvalue weighted by Gasteiger charge is -2.53. The lowest BCUT2D eigenvalue weighted by atomic mass is 9.79. The molecule has 1 spiro atoms. The van der Waals surface area contributed by atoms with Gasteiger partial charge in [0.05, 0.1) is 19.7 Å². The normalized spacial score (nSPS) is 22.1. The molecule has 1 atom stereocenters. The molecule has 0 radical (unpaired) electrons. The molecule has 2 aromatic heterocycles. The van der Waals surface area contributed by atoms with Crippen LogP contribution in [-0.2, 0) is 16.1 Å². The molecule has 2 aliphatic heterocycles. The summed E-state index contributed by atoms with van der Waals surface area (Å²) in [7, 11) is 0. The smallest absolute Gasteiger partial charge is 0.208 e. The fraction of sp³-hybridized carbons (Fsp3) is 0.611. The number of anilines is 1. The minimum absolute atomic E-state index is 0.0197. The molecule has 0 aromatic carbocycles. The quantitative estimate of drug-likeness (QED) is 0.738. The maximum Gasteiger partial charge on any atom is 0.208 e.